The van der Waals surface area contributed by atoms with E-state index >= 15 is 0 Å². The Morgan fingerprint density at radius 3 is 2.50 bits per heavy atom. The van der Waals surface area contributed by atoms with Crippen molar-refractivity contribution in [3.63, 3.8) is 0 Å². The van der Waals surface area contributed by atoms with E-state index in [0.29, 0.717) is 17.4 Å². The predicted molar refractivity (Wildman–Crippen MR) is 88.8 cm³/mol. The average Bonchev–Trinajstić information content (AvgIpc) is 3.09. The summed E-state index contributed by atoms with van der Waals surface area (Å²) in [6.07, 6.45) is -0.746. The second-order valence-corrected chi connectivity index (χ2v) is 5.74. The summed E-state index contributed by atoms with van der Waals surface area (Å²) in [5.74, 6) is 0. The van der Waals surface area contributed by atoms with Gasteiger partial charge < -0.3 is 9.47 Å². The van der Waals surface area contributed by atoms with Gasteiger partial charge in [-0.1, -0.05) is 42.5 Å². The van der Waals surface area contributed by atoms with E-state index in [0.717, 1.165) is 5.56 Å². The Hall–Kier alpha value is -2.70. The highest BCUT2D eigenvalue weighted by Gasteiger charge is 2.28. The van der Waals surface area contributed by atoms with Crippen LogP contribution in [0.2, 0.25) is 0 Å². The third-order valence-corrected chi connectivity index (χ3v) is 4.09. The van der Waals surface area contributed by atoms with Crippen molar-refractivity contribution < 1.29 is 9.47 Å². The molecule has 0 saturated carbocycles. The molecule has 1 aromatic heterocycles. The van der Waals surface area contributed by atoms with Gasteiger partial charge in [-0.25, -0.2) is 4.68 Å². The summed E-state index contributed by atoms with van der Waals surface area (Å²) in [7, 11) is 0. The number of hydrogen-bond acceptors (Lipinski definition) is 4. The van der Waals surface area contributed by atoms with Gasteiger partial charge in [-0.3, -0.25) is 14.7 Å². The molecule has 0 bridgehead atoms. The molecular weight excluding hydrogens is 308 g/mol. The van der Waals surface area contributed by atoms with Crippen molar-refractivity contribution in [2.45, 2.75) is 18.9 Å². The number of benzene rings is 2. The predicted octanol–water partition coefficient (Wildman–Crippen LogP) is 1.80. The number of aromatic amines is 1. The first-order chi connectivity index (χ1) is 11.7. The van der Waals surface area contributed by atoms with Crippen LogP contribution in [-0.2, 0) is 16.0 Å². The van der Waals surface area contributed by atoms with Crippen LogP contribution in [0.15, 0.2) is 64.2 Å². The molecule has 6 heteroatoms. The maximum atomic E-state index is 12.5. The number of H-pyrrole nitrogens is 1. The summed E-state index contributed by atoms with van der Waals surface area (Å²) in [5.41, 5.74) is 0.403. The molecular formula is C18H16N2O4. The van der Waals surface area contributed by atoms with Gasteiger partial charge in [-0.2, -0.15) is 0 Å². The molecule has 0 amide bonds. The van der Waals surface area contributed by atoms with Crippen molar-refractivity contribution in [3.8, 4) is 0 Å². The zero-order chi connectivity index (χ0) is 16.5. The Morgan fingerprint density at radius 1 is 1.00 bits per heavy atom. The van der Waals surface area contributed by atoms with Gasteiger partial charge in [-0.15, -0.1) is 0 Å². The Morgan fingerprint density at radius 2 is 1.71 bits per heavy atom. The molecule has 122 valence electrons. The zero-order valence-corrected chi connectivity index (χ0v) is 12.8. The van der Waals surface area contributed by atoms with E-state index in [1.807, 2.05) is 30.3 Å². The van der Waals surface area contributed by atoms with E-state index in [1.165, 1.54) is 4.68 Å². The van der Waals surface area contributed by atoms with Gasteiger partial charge in [0.1, 0.15) is 6.10 Å². The minimum Gasteiger partial charge on any atom is -0.346 e. The normalized spacial score (nSPS) is 20.5. The lowest BCUT2D eigenvalue weighted by atomic mass is 10.2. The fourth-order valence-corrected chi connectivity index (χ4v) is 2.91. The lowest BCUT2D eigenvalue weighted by Crippen LogP contribution is -2.34. The Labute approximate surface area is 137 Å². The summed E-state index contributed by atoms with van der Waals surface area (Å²) < 4.78 is 12.8. The van der Waals surface area contributed by atoms with Gasteiger partial charge in [-0.05, 0) is 12.1 Å². The molecule has 4 rings (SSSR count). The summed E-state index contributed by atoms with van der Waals surface area (Å²) in [4.78, 5) is 24.6. The number of rotatable bonds is 3. The highest BCUT2D eigenvalue weighted by atomic mass is 16.7. The van der Waals surface area contributed by atoms with Crippen LogP contribution in [0.25, 0.3) is 10.8 Å². The standard InChI is InChI=1S/C18H16N2O4/c21-16-14-8-4-5-9-15(14)17(22)20(19-16)10-13-11-23-18(24-13)12-6-2-1-3-7-12/h1-9,13,18H,10-11H2,(H,19,21)/t13-,18+/m0/s1. The third kappa shape index (κ3) is 2.66. The summed E-state index contributed by atoms with van der Waals surface area (Å²) in [6, 6.07) is 16.4. The molecule has 3 aromatic rings. The second-order valence-electron chi connectivity index (χ2n) is 5.74. The van der Waals surface area contributed by atoms with Gasteiger partial charge in [0.25, 0.3) is 11.1 Å². The maximum Gasteiger partial charge on any atom is 0.273 e. The van der Waals surface area contributed by atoms with E-state index in [2.05, 4.69) is 5.10 Å². The second kappa shape index (κ2) is 6.07. The number of nitrogens with one attached hydrogen (secondary N) is 1. The first-order valence-electron chi connectivity index (χ1n) is 7.76. The molecule has 0 radical (unpaired) electrons. The van der Waals surface area contributed by atoms with Crippen molar-refractivity contribution in [2.75, 3.05) is 6.61 Å². The minimum absolute atomic E-state index is 0.238. The fraction of sp³-hybridized carbons (Fsp3) is 0.222. The Balaban J connectivity index is 1.59. The van der Waals surface area contributed by atoms with Crippen LogP contribution in [0.5, 0.6) is 0 Å². The summed E-state index contributed by atoms with van der Waals surface area (Å²) in [6.45, 7) is 0.600. The third-order valence-electron chi connectivity index (χ3n) is 4.09. The molecule has 0 unspecified atom stereocenters. The highest BCUT2D eigenvalue weighted by Crippen LogP contribution is 2.26. The summed E-state index contributed by atoms with van der Waals surface area (Å²) >= 11 is 0. The first-order valence-corrected chi connectivity index (χ1v) is 7.76. The molecule has 0 aliphatic carbocycles. The molecule has 2 atom stereocenters. The van der Waals surface area contributed by atoms with Crippen LogP contribution in [0, 0.1) is 0 Å². The fourth-order valence-electron chi connectivity index (χ4n) is 2.91. The van der Waals surface area contributed by atoms with E-state index in [1.54, 1.807) is 24.3 Å². The largest absolute Gasteiger partial charge is 0.346 e. The van der Waals surface area contributed by atoms with Crippen molar-refractivity contribution in [2.24, 2.45) is 0 Å². The van der Waals surface area contributed by atoms with E-state index in [-0.39, 0.29) is 23.8 Å². The number of nitrogens with zero attached hydrogens (tertiary/aromatic N) is 1. The molecule has 1 aliphatic heterocycles. The monoisotopic (exact) mass is 324 g/mol. The molecule has 1 aliphatic rings. The quantitative estimate of drug-likeness (QED) is 0.797. The number of ether oxygens (including phenoxy) is 2. The van der Waals surface area contributed by atoms with E-state index in [9.17, 15) is 9.59 Å². The number of fused-ring (bicyclic) bond motifs is 1. The molecule has 1 saturated heterocycles. The van der Waals surface area contributed by atoms with Crippen LogP contribution in [0.3, 0.4) is 0 Å². The van der Waals surface area contributed by atoms with Crippen molar-refractivity contribution >= 4 is 10.8 Å². The van der Waals surface area contributed by atoms with Crippen LogP contribution < -0.4 is 11.1 Å². The minimum atomic E-state index is -0.445. The Kier molecular flexibility index (Phi) is 3.76. The lowest BCUT2D eigenvalue weighted by Gasteiger charge is -2.13. The van der Waals surface area contributed by atoms with Crippen LogP contribution in [-0.4, -0.2) is 22.5 Å². The van der Waals surface area contributed by atoms with Crippen LogP contribution in [0.4, 0.5) is 0 Å². The SMILES string of the molecule is O=c1[nH]n(C[C@H]2CO[C@@H](c3ccccc3)O2)c(=O)c2ccccc12. The van der Waals surface area contributed by atoms with Crippen molar-refractivity contribution in [1.29, 1.82) is 0 Å². The molecule has 0 spiro atoms. The number of hydrogen-bond donors (Lipinski definition) is 1. The molecule has 6 nitrogen and oxygen atoms in total. The molecule has 1 fully saturated rings. The van der Waals surface area contributed by atoms with E-state index in [4.69, 9.17) is 9.47 Å². The topological polar surface area (TPSA) is 73.3 Å². The van der Waals surface area contributed by atoms with Crippen molar-refractivity contribution in [3.05, 3.63) is 80.9 Å². The first kappa shape index (κ1) is 14.9. The smallest absolute Gasteiger partial charge is 0.273 e. The van der Waals surface area contributed by atoms with E-state index < -0.39 is 6.29 Å². The Bertz CT molecular complexity index is 977. The molecule has 2 aromatic carbocycles. The van der Waals surface area contributed by atoms with Crippen LogP contribution in [0.1, 0.15) is 11.9 Å². The van der Waals surface area contributed by atoms with Gasteiger partial charge >= 0.3 is 0 Å². The van der Waals surface area contributed by atoms with Gasteiger partial charge in [0.05, 0.1) is 23.9 Å². The summed E-state index contributed by atoms with van der Waals surface area (Å²) in [5, 5.41) is 3.41. The van der Waals surface area contributed by atoms with Gasteiger partial charge in [0, 0.05) is 5.56 Å². The zero-order valence-electron chi connectivity index (χ0n) is 12.8. The van der Waals surface area contributed by atoms with Gasteiger partial charge in [0.2, 0.25) is 0 Å². The lowest BCUT2D eigenvalue weighted by molar-refractivity contribution is -0.0629. The molecule has 1 N–H and O–H groups in total. The number of aromatic nitrogens is 2. The van der Waals surface area contributed by atoms with Gasteiger partial charge in [0.15, 0.2) is 6.29 Å². The molecule has 2 heterocycles. The average molecular weight is 324 g/mol. The highest BCUT2D eigenvalue weighted by molar-refractivity contribution is 5.80. The molecule has 24 heavy (non-hydrogen) atoms. The van der Waals surface area contributed by atoms with Crippen molar-refractivity contribution in [1.82, 2.24) is 9.78 Å². The maximum absolute atomic E-state index is 12.5. The van der Waals surface area contributed by atoms with Crippen LogP contribution >= 0.6 is 0 Å².